The van der Waals surface area contributed by atoms with E-state index < -0.39 is 10.8 Å². The molecule has 7 nitrogen and oxygen atoms in total. The Balaban J connectivity index is 1.77. The summed E-state index contributed by atoms with van der Waals surface area (Å²) in [5.41, 5.74) is 1.66. The number of amides is 1. The fraction of sp³-hybridized carbons (Fsp3) is 0.111. The highest BCUT2D eigenvalue weighted by Crippen LogP contribution is 2.23. The molecule has 0 spiro atoms. The summed E-state index contributed by atoms with van der Waals surface area (Å²) in [4.78, 5) is 24.4. The molecule has 0 bridgehead atoms. The maximum absolute atomic E-state index is 12.6. The number of carbonyl (C=O) groups excluding carboxylic acids is 1. The molecule has 0 saturated heterocycles. The van der Waals surface area contributed by atoms with Crippen LogP contribution in [0.5, 0.6) is 0 Å². The normalized spacial score (nSPS) is 10.5. The van der Waals surface area contributed by atoms with Gasteiger partial charge in [-0.1, -0.05) is 29.8 Å². The second kappa shape index (κ2) is 7.37. The van der Waals surface area contributed by atoms with Crippen LogP contribution < -0.4 is 0 Å². The van der Waals surface area contributed by atoms with Gasteiger partial charge in [-0.15, -0.1) is 0 Å². The molecule has 0 aliphatic rings. The van der Waals surface area contributed by atoms with Crippen LogP contribution in [0.1, 0.15) is 15.9 Å². The Labute approximate surface area is 154 Å². The number of hydrogen-bond acceptors (Lipinski definition) is 4. The van der Waals surface area contributed by atoms with Crippen molar-refractivity contribution in [2.45, 2.75) is 6.54 Å². The quantitative estimate of drug-likeness (QED) is 0.506. The Morgan fingerprint density at radius 2 is 2.00 bits per heavy atom. The van der Waals surface area contributed by atoms with E-state index in [4.69, 9.17) is 11.6 Å². The van der Waals surface area contributed by atoms with Crippen LogP contribution in [0.4, 0.5) is 5.69 Å². The number of para-hydroxylation sites is 1. The van der Waals surface area contributed by atoms with Crippen molar-refractivity contribution in [3.05, 3.63) is 87.2 Å². The molecular weight excluding hydrogens is 356 g/mol. The Hall–Kier alpha value is -3.19. The zero-order valence-corrected chi connectivity index (χ0v) is 14.6. The number of halogens is 1. The monoisotopic (exact) mass is 370 g/mol. The number of non-ortho nitro benzene ring substituents is 1. The molecule has 0 aliphatic carbocycles. The summed E-state index contributed by atoms with van der Waals surface area (Å²) in [5.74, 6) is -0.397. The van der Waals surface area contributed by atoms with Gasteiger partial charge in [-0.3, -0.25) is 14.9 Å². The van der Waals surface area contributed by atoms with Crippen LogP contribution in [0.2, 0.25) is 5.02 Å². The minimum Gasteiger partial charge on any atom is -0.337 e. The van der Waals surface area contributed by atoms with Gasteiger partial charge in [0.1, 0.15) is 0 Å². The van der Waals surface area contributed by atoms with Crippen LogP contribution >= 0.6 is 11.6 Å². The maximum atomic E-state index is 12.6. The fourth-order valence-electron chi connectivity index (χ4n) is 2.51. The number of benzene rings is 2. The van der Waals surface area contributed by atoms with Gasteiger partial charge in [-0.2, -0.15) is 5.10 Å². The van der Waals surface area contributed by atoms with E-state index in [1.54, 1.807) is 17.9 Å². The van der Waals surface area contributed by atoms with E-state index in [9.17, 15) is 14.9 Å². The standard InChI is InChI=1S/C18H15ClN4O3/c1-21(18(24)16-9-15(23(25)26)7-8-17(16)19)11-13-10-20-22(12-13)14-5-3-2-4-6-14/h2-10,12H,11H2,1H3. The number of rotatable bonds is 5. The van der Waals surface area contributed by atoms with Crippen LogP contribution in [0.15, 0.2) is 60.9 Å². The molecular formula is C18H15ClN4O3. The molecule has 2 aromatic carbocycles. The first-order chi connectivity index (χ1) is 12.5. The van der Waals surface area contributed by atoms with Gasteiger partial charge in [0.05, 0.1) is 27.4 Å². The van der Waals surface area contributed by atoms with Crippen LogP contribution in [0.3, 0.4) is 0 Å². The molecule has 0 unspecified atom stereocenters. The first kappa shape index (κ1) is 17.6. The van der Waals surface area contributed by atoms with Crippen molar-refractivity contribution in [2.75, 3.05) is 7.05 Å². The molecule has 1 amide bonds. The highest BCUT2D eigenvalue weighted by atomic mass is 35.5. The Bertz CT molecular complexity index is 956. The summed E-state index contributed by atoms with van der Waals surface area (Å²) >= 11 is 6.04. The summed E-state index contributed by atoms with van der Waals surface area (Å²) < 4.78 is 1.72. The van der Waals surface area contributed by atoms with Crippen molar-refractivity contribution in [3.63, 3.8) is 0 Å². The van der Waals surface area contributed by atoms with Gasteiger partial charge in [0, 0.05) is 37.5 Å². The SMILES string of the molecule is CN(Cc1cnn(-c2ccccc2)c1)C(=O)c1cc([N+](=O)[O-])ccc1Cl. The lowest BCUT2D eigenvalue weighted by Gasteiger charge is -2.17. The average molecular weight is 371 g/mol. The Morgan fingerprint density at radius 3 is 2.69 bits per heavy atom. The van der Waals surface area contributed by atoms with Gasteiger partial charge in [-0.05, 0) is 18.2 Å². The summed E-state index contributed by atoms with van der Waals surface area (Å²) in [6.45, 7) is 0.296. The molecule has 0 radical (unpaired) electrons. The number of nitrogens with zero attached hydrogens (tertiary/aromatic N) is 4. The van der Waals surface area contributed by atoms with Crippen molar-refractivity contribution in [1.29, 1.82) is 0 Å². The number of aromatic nitrogens is 2. The number of nitro benzene ring substituents is 1. The third-order valence-corrected chi connectivity index (χ3v) is 4.14. The molecule has 132 valence electrons. The highest BCUT2D eigenvalue weighted by Gasteiger charge is 2.19. The average Bonchev–Trinajstić information content (AvgIpc) is 3.10. The van der Waals surface area contributed by atoms with Crippen LogP contribution in [0.25, 0.3) is 5.69 Å². The molecule has 3 aromatic rings. The lowest BCUT2D eigenvalue weighted by atomic mass is 10.1. The third-order valence-electron chi connectivity index (χ3n) is 3.81. The van der Waals surface area contributed by atoms with Crippen molar-refractivity contribution < 1.29 is 9.72 Å². The van der Waals surface area contributed by atoms with Crippen molar-refractivity contribution in [3.8, 4) is 5.69 Å². The van der Waals surface area contributed by atoms with Crippen LogP contribution in [-0.4, -0.2) is 32.6 Å². The molecule has 0 aliphatic heterocycles. The molecule has 0 saturated carbocycles. The zero-order valence-electron chi connectivity index (χ0n) is 13.9. The fourth-order valence-corrected chi connectivity index (χ4v) is 2.70. The maximum Gasteiger partial charge on any atom is 0.270 e. The number of nitro groups is 1. The first-order valence-corrected chi connectivity index (χ1v) is 8.12. The van der Waals surface area contributed by atoms with E-state index in [1.165, 1.54) is 23.1 Å². The minimum atomic E-state index is -0.559. The lowest BCUT2D eigenvalue weighted by molar-refractivity contribution is -0.384. The van der Waals surface area contributed by atoms with E-state index in [0.717, 1.165) is 11.3 Å². The Kier molecular flexibility index (Phi) is 4.99. The van der Waals surface area contributed by atoms with Crippen molar-refractivity contribution >= 4 is 23.2 Å². The molecule has 1 aromatic heterocycles. The van der Waals surface area contributed by atoms with Crippen LogP contribution in [-0.2, 0) is 6.54 Å². The van der Waals surface area contributed by atoms with Gasteiger partial charge < -0.3 is 4.90 Å². The number of carbonyl (C=O) groups is 1. The molecule has 1 heterocycles. The molecule has 0 atom stereocenters. The second-order valence-corrected chi connectivity index (χ2v) is 6.12. The first-order valence-electron chi connectivity index (χ1n) is 7.74. The van der Waals surface area contributed by atoms with Crippen LogP contribution in [0, 0.1) is 10.1 Å². The van der Waals surface area contributed by atoms with Gasteiger partial charge in [0.15, 0.2) is 0 Å². The molecule has 8 heteroatoms. The second-order valence-electron chi connectivity index (χ2n) is 5.71. The van der Waals surface area contributed by atoms with Gasteiger partial charge in [-0.25, -0.2) is 4.68 Å². The highest BCUT2D eigenvalue weighted by molar-refractivity contribution is 6.33. The van der Waals surface area contributed by atoms with Gasteiger partial charge in [0.25, 0.3) is 11.6 Å². The van der Waals surface area contributed by atoms with E-state index in [0.29, 0.717) is 6.54 Å². The van der Waals surface area contributed by atoms with E-state index in [2.05, 4.69) is 5.10 Å². The van der Waals surface area contributed by atoms with Crippen molar-refractivity contribution in [2.24, 2.45) is 0 Å². The number of hydrogen-bond donors (Lipinski definition) is 0. The predicted octanol–water partition coefficient (Wildman–Crippen LogP) is 3.71. The lowest BCUT2D eigenvalue weighted by Crippen LogP contribution is -2.26. The van der Waals surface area contributed by atoms with Gasteiger partial charge >= 0.3 is 0 Å². The van der Waals surface area contributed by atoms with Gasteiger partial charge in [0.2, 0.25) is 0 Å². The third kappa shape index (κ3) is 3.73. The summed E-state index contributed by atoms with van der Waals surface area (Å²) in [6, 6.07) is 13.4. The predicted molar refractivity (Wildman–Crippen MR) is 97.5 cm³/mol. The molecule has 0 N–H and O–H groups in total. The van der Waals surface area contributed by atoms with E-state index >= 15 is 0 Å². The molecule has 26 heavy (non-hydrogen) atoms. The Morgan fingerprint density at radius 1 is 1.27 bits per heavy atom. The van der Waals surface area contributed by atoms with E-state index in [1.807, 2.05) is 36.5 Å². The largest absolute Gasteiger partial charge is 0.337 e. The zero-order chi connectivity index (χ0) is 18.7. The van der Waals surface area contributed by atoms with Crippen molar-refractivity contribution in [1.82, 2.24) is 14.7 Å². The smallest absolute Gasteiger partial charge is 0.270 e. The summed E-state index contributed by atoms with van der Waals surface area (Å²) in [7, 11) is 1.61. The minimum absolute atomic E-state index is 0.0961. The topological polar surface area (TPSA) is 81.3 Å². The van der Waals surface area contributed by atoms with E-state index in [-0.39, 0.29) is 16.3 Å². The molecule has 3 rings (SSSR count). The molecule has 0 fully saturated rings. The summed E-state index contributed by atoms with van der Waals surface area (Å²) in [5, 5.41) is 15.4. The summed E-state index contributed by atoms with van der Waals surface area (Å²) in [6.07, 6.45) is 3.50.